The zero-order valence-corrected chi connectivity index (χ0v) is 18.2. The summed E-state index contributed by atoms with van der Waals surface area (Å²) in [6.45, 7) is 5.72. The van der Waals surface area contributed by atoms with Gasteiger partial charge in [0.05, 0.1) is 6.42 Å². The summed E-state index contributed by atoms with van der Waals surface area (Å²) in [6, 6.07) is 7.65. The van der Waals surface area contributed by atoms with E-state index in [0.29, 0.717) is 24.7 Å². The van der Waals surface area contributed by atoms with Gasteiger partial charge in [-0.2, -0.15) is 4.98 Å². The number of likely N-dealkylation sites (N-methyl/N-ethyl adjacent to an activating group) is 1. The number of hydrogen-bond donors (Lipinski definition) is 3. The summed E-state index contributed by atoms with van der Waals surface area (Å²) in [5.41, 5.74) is 2.48. The molecular formula is C22H32N6O2. The van der Waals surface area contributed by atoms with Gasteiger partial charge in [0.15, 0.2) is 0 Å². The molecule has 1 atom stereocenters. The van der Waals surface area contributed by atoms with Crippen molar-refractivity contribution in [3.63, 3.8) is 0 Å². The van der Waals surface area contributed by atoms with E-state index in [1.54, 1.807) is 6.20 Å². The third-order valence-electron chi connectivity index (χ3n) is 5.37. The first-order chi connectivity index (χ1) is 14.4. The van der Waals surface area contributed by atoms with Gasteiger partial charge in [-0.25, -0.2) is 4.98 Å². The fourth-order valence-corrected chi connectivity index (χ4v) is 3.61. The molecule has 2 heterocycles. The van der Waals surface area contributed by atoms with E-state index in [-0.39, 0.29) is 11.9 Å². The van der Waals surface area contributed by atoms with Crippen LogP contribution >= 0.6 is 0 Å². The SMILES string of the molecule is CCC(CC)N1C(=O)Cc2cnc(Nc3ccc(C(O)NCCN(C)C)cc3)nc21. The van der Waals surface area contributed by atoms with Gasteiger partial charge in [0.2, 0.25) is 11.9 Å². The highest BCUT2D eigenvalue weighted by Crippen LogP contribution is 2.31. The molecule has 8 heteroatoms. The molecule has 30 heavy (non-hydrogen) atoms. The normalized spacial score (nSPS) is 14.5. The minimum absolute atomic E-state index is 0.0882. The van der Waals surface area contributed by atoms with E-state index in [0.717, 1.165) is 36.2 Å². The predicted molar refractivity (Wildman–Crippen MR) is 119 cm³/mol. The number of nitrogens with one attached hydrogen (secondary N) is 2. The molecule has 0 fully saturated rings. The molecule has 1 aliphatic rings. The molecule has 3 N–H and O–H groups in total. The maximum absolute atomic E-state index is 12.5. The van der Waals surface area contributed by atoms with E-state index in [1.165, 1.54) is 0 Å². The van der Waals surface area contributed by atoms with Crippen molar-refractivity contribution in [2.24, 2.45) is 0 Å². The number of hydrogen-bond acceptors (Lipinski definition) is 7. The van der Waals surface area contributed by atoms with E-state index in [9.17, 15) is 9.90 Å². The van der Waals surface area contributed by atoms with Crippen LogP contribution in [0.4, 0.5) is 17.5 Å². The molecule has 0 saturated heterocycles. The first-order valence-electron chi connectivity index (χ1n) is 10.5. The lowest BCUT2D eigenvalue weighted by Crippen LogP contribution is -2.37. The second-order valence-electron chi connectivity index (χ2n) is 7.86. The molecule has 3 rings (SSSR count). The number of carbonyl (C=O) groups excluding carboxylic acids is 1. The van der Waals surface area contributed by atoms with Crippen molar-refractivity contribution in [1.29, 1.82) is 0 Å². The fraction of sp³-hybridized carbons (Fsp3) is 0.500. The predicted octanol–water partition coefficient (Wildman–Crippen LogP) is 2.44. The van der Waals surface area contributed by atoms with Gasteiger partial charge in [-0.05, 0) is 44.6 Å². The largest absolute Gasteiger partial charge is 0.374 e. The molecule has 0 bridgehead atoms. The molecule has 0 radical (unpaired) electrons. The van der Waals surface area contributed by atoms with Crippen LogP contribution in [0, 0.1) is 0 Å². The Hall–Kier alpha value is -2.55. The van der Waals surface area contributed by atoms with Crippen molar-refractivity contribution in [2.45, 2.75) is 45.4 Å². The molecular weight excluding hydrogens is 380 g/mol. The van der Waals surface area contributed by atoms with Crippen LogP contribution in [0.25, 0.3) is 0 Å². The highest BCUT2D eigenvalue weighted by atomic mass is 16.3. The third kappa shape index (κ3) is 5.13. The quantitative estimate of drug-likeness (QED) is 0.516. The van der Waals surface area contributed by atoms with Gasteiger partial charge in [-0.3, -0.25) is 15.0 Å². The number of rotatable bonds is 10. The smallest absolute Gasteiger partial charge is 0.233 e. The van der Waals surface area contributed by atoms with Gasteiger partial charge in [0, 0.05) is 36.6 Å². The van der Waals surface area contributed by atoms with Gasteiger partial charge in [0.1, 0.15) is 12.0 Å². The summed E-state index contributed by atoms with van der Waals surface area (Å²) in [7, 11) is 3.99. The average molecular weight is 413 g/mol. The summed E-state index contributed by atoms with van der Waals surface area (Å²) in [4.78, 5) is 25.4. The van der Waals surface area contributed by atoms with Crippen LogP contribution in [-0.2, 0) is 11.2 Å². The number of aliphatic hydroxyl groups excluding tert-OH is 1. The molecule has 1 aromatic carbocycles. The number of benzene rings is 1. The Morgan fingerprint density at radius 1 is 1.20 bits per heavy atom. The monoisotopic (exact) mass is 412 g/mol. The molecule has 1 unspecified atom stereocenters. The molecule has 0 aliphatic carbocycles. The molecule has 8 nitrogen and oxygen atoms in total. The van der Waals surface area contributed by atoms with Crippen LogP contribution in [0.5, 0.6) is 0 Å². The average Bonchev–Trinajstić information content (AvgIpc) is 3.05. The first kappa shape index (κ1) is 22.1. The Labute approximate surface area is 178 Å². The Bertz CT molecular complexity index is 851. The van der Waals surface area contributed by atoms with Crippen LogP contribution in [0.1, 0.15) is 44.0 Å². The topological polar surface area (TPSA) is 93.6 Å². The third-order valence-corrected chi connectivity index (χ3v) is 5.37. The number of nitrogens with zero attached hydrogens (tertiary/aromatic N) is 4. The summed E-state index contributed by atoms with van der Waals surface area (Å²) < 4.78 is 0. The maximum Gasteiger partial charge on any atom is 0.233 e. The standard InChI is InChI=1S/C22H32N6O2/c1-5-18(6-2)28-19(29)13-16-14-24-22(26-20(16)28)25-17-9-7-15(8-10-17)21(30)23-11-12-27(3)4/h7-10,14,18,21,23,30H,5-6,11-13H2,1-4H3,(H,24,25,26). The first-order valence-corrected chi connectivity index (χ1v) is 10.5. The van der Waals surface area contributed by atoms with Gasteiger partial charge in [0.25, 0.3) is 0 Å². The molecule has 1 aliphatic heterocycles. The van der Waals surface area contributed by atoms with Crippen LogP contribution in [0.2, 0.25) is 0 Å². The lowest BCUT2D eigenvalue weighted by Gasteiger charge is -2.25. The number of fused-ring (bicyclic) bond motifs is 1. The highest BCUT2D eigenvalue weighted by Gasteiger charge is 2.33. The van der Waals surface area contributed by atoms with Crippen molar-refractivity contribution in [3.8, 4) is 0 Å². The number of aromatic nitrogens is 2. The summed E-state index contributed by atoms with van der Waals surface area (Å²) in [5.74, 6) is 1.26. The van der Waals surface area contributed by atoms with Gasteiger partial charge < -0.3 is 15.3 Å². The molecule has 162 valence electrons. The van der Waals surface area contributed by atoms with Gasteiger partial charge >= 0.3 is 0 Å². The Morgan fingerprint density at radius 3 is 2.53 bits per heavy atom. The van der Waals surface area contributed by atoms with Crippen LogP contribution in [-0.4, -0.2) is 59.1 Å². The van der Waals surface area contributed by atoms with Crippen molar-refractivity contribution in [3.05, 3.63) is 41.6 Å². The van der Waals surface area contributed by atoms with Crippen molar-refractivity contribution >= 4 is 23.4 Å². The lowest BCUT2D eigenvalue weighted by atomic mass is 10.1. The van der Waals surface area contributed by atoms with E-state index < -0.39 is 6.23 Å². The maximum atomic E-state index is 12.5. The summed E-state index contributed by atoms with van der Waals surface area (Å²) in [5, 5.41) is 16.5. The van der Waals surface area contributed by atoms with E-state index >= 15 is 0 Å². The second-order valence-corrected chi connectivity index (χ2v) is 7.86. The zero-order valence-electron chi connectivity index (χ0n) is 18.2. The number of anilines is 3. The molecule has 2 aromatic rings. The van der Waals surface area contributed by atoms with E-state index in [2.05, 4.69) is 39.3 Å². The minimum atomic E-state index is -0.713. The Morgan fingerprint density at radius 2 is 1.90 bits per heavy atom. The van der Waals surface area contributed by atoms with Crippen LogP contribution in [0.3, 0.4) is 0 Å². The molecule has 1 aromatic heterocycles. The highest BCUT2D eigenvalue weighted by molar-refractivity contribution is 6.00. The summed E-state index contributed by atoms with van der Waals surface area (Å²) >= 11 is 0. The van der Waals surface area contributed by atoms with Crippen LogP contribution < -0.4 is 15.5 Å². The molecule has 0 spiro atoms. The van der Waals surface area contributed by atoms with Crippen molar-refractivity contribution in [2.75, 3.05) is 37.4 Å². The van der Waals surface area contributed by atoms with Gasteiger partial charge in [-0.15, -0.1) is 0 Å². The Kier molecular flexibility index (Phi) is 7.36. The fourth-order valence-electron chi connectivity index (χ4n) is 3.61. The summed E-state index contributed by atoms with van der Waals surface area (Å²) in [6.07, 6.45) is 3.16. The van der Waals surface area contributed by atoms with E-state index in [4.69, 9.17) is 0 Å². The van der Waals surface area contributed by atoms with E-state index in [1.807, 2.05) is 43.3 Å². The number of amides is 1. The second kappa shape index (κ2) is 9.97. The minimum Gasteiger partial charge on any atom is -0.374 e. The van der Waals surface area contributed by atoms with Crippen LogP contribution in [0.15, 0.2) is 30.5 Å². The Balaban J connectivity index is 1.68. The number of carbonyl (C=O) groups is 1. The number of aliphatic hydroxyl groups is 1. The lowest BCUT2D eigenvalue weighted by molar-refractivity contribution is -0.117. The van der Waals surface area contributed by atoms with Crippen molar-refractivity contribution < 1.29 is 9.90 Å². The molecule has 0 saturated carbocycles. The zero-order chi connectivity index (χ0) is 21.7. The molecule has 1 amide bonds. The van der Waals surface area contributed by atoms with Crippen molar-refractivity contribution in [1.82, 2.24) is 20.2 Å². The van der Waals surface area contributed by atoms with Gasteiger partial charge in [-0.1, -0.05) is 26.0 Å².